The van der Waals surface area contributed by atoms with E-state index in [9.17, 15) is 14.9 Å². The largest absolute Gasteiger partial charge is 0.385 e. The Morgan fingerprint density at radius 2 is 2.09 bits per heavy atom. The van der Waals surface area contributed by atoms with E-state index in [0.717, 1.165) is 4.85 Å². The molecule has 0 fully saturated rings. The molecule has 9 heteroatoms. The molecule has 0 saturated carbocycles. The summed E-state index contributed by atoms with van der Waals surface area (Å²) >= 11 is 0. The van der Waals surface area contributed by atoms with E-state index in [-0.39, 0.29) is 12.3 Å². The van der Waals surface area contributed by atoms with Gasteiger partial charge in [0, 0.05) is 17.8 Å². The van der Waals surface area contributed by atoms with Gasteiger partial charge in [-0.2, -0.15) is 0 Å². The van der Waals surface area contributed by atoms with Crippen molar-refractivity contribution in [3.8, 4) is 0 Å². The van der Waals surface area contributed by atoms with Gasteiger partial charge in [0.2, 0.25) is 0 Å². The molecule has 0 spiro atoms. The maximum atomic E-state index is 11.9. The Hall–Kier alpha value is -3.49. The second-order valence-corrected chi connectivity index (χ2v) is 4.58. The molecule has 3 aromatic rings. The predicted octanol–water partition coefficient (Wildman–Crippen LogP) is 1.41. The van der Waals surface area contributed by atoms with Gasteiger partial charge >= 0.3 is 0 Å². The molecule has 116 valence electrons. The average Bonchev–Trinajstić information content (AvgIpc) is 2.96. The van der Waals surface area contributed by atoms with Gasteiger partial charge in [0.25, 0.3) is 11.6 Å². The van der Waals surface area contributed by atoms with Gasteiger partial charge in [-0.3, -0.25) is 14.9 Å². The minimum absolute atomic E-state index is 0.106. The Balaban J connectivity index is 1.64. The number of carbonyl (C=O) groups excluding carboxylic acids is 1. The van der Waals surface area contributed by atoms with Gasteiger partial charge in [-0.15, -0.1) is 5.10 Å². The number of hydrogen-bond acceptors (Lipinski definition) is 6. The van der Waals surface area contributed by atoms with Crippen LogP contribution in [0.1, 0.15) is 0 Å². The molecule has 1 aromatic heterocycles. The summed E-state index contributed by atoms with van der Waals surface area (Å²) in [7, 11) is 0. The highest BCUT2D eigenvalue weighted by Crippen LogP contribution is 2.16. The first-order valence-corrected chi connectivity index (χ1v) is 6.61. The Kier molecular flexibility index (Phi) is 3.83. The van der Waals surface area contributed by atoms with Gasteiger partial charge in [-0.05, 0) is 23.4 Å². The van der Waals surface area contributed by atoms with Crippen molar-refractivity contribution in [2.75, 3.05) is 11.9 Å². The zero-order valence-electron chi connectivity index (χ0n) is 11.7. The van der Waals surface area contributed by atoms with E-state index in [4.69, 9.17) is 4.84 Å². The van der Waals surface area contributed by atoms with Crippen LogP contribution in [-0.2, 0) is 4.79 Å². The number of carbonyl (C=O) groups is 1. The van der Waals surface area contributed by atoms with Crippen molar-refractivity contribution in [3.63, 3.8) is 0 Å². The Morgan fingerprint density at radius 1 is 1.26 bits per heavy atom. The van der Waals surface area contributed by atoms with Crippen molar-refractivity contribution >= 4 is 28.3 Å². The third-order valence-electron chi connectivity index (χ3n) is 2.98. The lowest BCUT2D eigenvalue weighted by atomic mass is 10.3. The first kappa shape index (κ1) is 14.4. The zero-order chi connectivity index (χ0) is 16.2. The number of nitro benzene ring substituents is 1. The fourth-order valence-corrected chi connectivity index (χ4v) is 1.96. The fraction of sp³-hybridized carbons (Fsp3) is 0.0714. The monoisotopic (exact) mass is 313 g/mol. The Morgan fingerprint density at radius 3 is 2.91 bits per heavy atom. The highest BCUT2D eigenvalue weighted by atomic mass is 16.7. The Labute approximate surface area is 129 Å². The lowest BCUT2D eigenvalue weighted by molar-refractivity contribution is -0.384. The van der Waals surface area contributed by atoms with Crippen LogP contribution in [0.4, 0.5) is 11.4 Å². The summed E-state index contributed by atoms with van der Waals surface area (Å²) in [5, 5.41) is 20.9. The summed E-state index contributed by atoms with van der Waals surface area (Å²) in [6.07, 6.45) is 0. The molecule has 0 bridgehead atoms. The summed E-state index contributed by atoms with van der Waals surface area (Å²) in [6, 6.07) is 12.8. The summed E-state index contributed by atoms with van der Waals surface area (Å²) in [5.74, 6) is -0.468. The van der Waals surface area contributed by atoms with Gasteiger partial charge in [-0.1, -0.05) is 23.0 Å². The van der Waals surface area contributed by atoms with Crippen LogP contribution in [0.25, 0.3) is 11.0 Å². The molecule has 1 N–H and O–H groups in total. The van der Waals surface area contributed by atoms with E-state index in [1.54, 1.807) is 24.3 Å². The SMILES string of the molecule is O=C(COn1nnc2ccccc21)Nc1cccc([N+](=O)[O-])c1. The lowest BCUT2D eigenvalue weighted by Crippen LogP contribution is -2.26. The molecule has 0 aliphatic carbocycles. The molecule has 3 rings (SSSR count). The number of anilines is 1. The van der Waals surface area contributed by atoms with Crippen molar-refractivity contribution in [2.45, 2.75) is 0 Å². The number of fused-ring (bicyclic) bond motifs is 1. The number of nitro groups is 1. The standard InChI is InChI=1S/C14H11N5O4/c20-14(15-10-4-3-5-11(8-10)19(21)22)9-23-18-13-7-2-1-6-12(13)16-17-18/h1-8H,9H2,(H,15,20). The van der Waals surface area contributed by atoms with Crippen molar-refractivity contribution < 1.29 is 14.6 Å². The minimum atomic E-state index is -0.534. The van der Waals surface area contributed by atoms with Crippen LogP contribution in [-0.4, -0.2) is 32.6 Å². The third kappa shape index (κ3) is 3.23. The molecular weight excluding hydrogens is 302 g/mol. The summed E-state index contributed by atoms with van der Waals surface area (Å²) < 4.78 is 0. The van der Waals surface area contributed by atoms with E-state index in [2.05, 4.69) is 15.6 Å². The van der Waals surface area contributed by atoms with Crippen molar-refractivity contribution in [1.29, 1.82) is 0 Å². The van der Waals surface area contributed by atoms with Crippen LogP contribution < -0.4 is 10.2 Å². The maximum Gasteiger partial charge on any atom is 0.271 e. The molecule has 0 atom stereocenters. The topological polar surface area (TPSA) is 112 Å². The van der Waals surface area contributed by atoms with Crippen molar-refractivity contribution in [3.05, 3.63) is 58.6 Å². The number of rotatable bonds is 5. The summed E-state index contributed by atoms with van der Waals surface area (Å²) in [6.45, 7) is -0.309. The van der Waals surface area contributed by atoms with Crippen LogP contribution in [0.15, 0.2) is 48.5 Å². The quantitative estimate of drug-likeness (QED) is 0.563. The lowest BCUT2D eigenvalue weighted by Gasteiger charge is -2.06. The predicted molar refractivity (Wildman–Crippen MR) is 80.7 cm³/mol. The highest BCUT2D eigenvalue weighted by molar-refractivity contribution is 5.92. The first-order chi connectivity index (χ1) is 11.1. The van der Waals surface area contributed by atoms with Crippen LogP contribution in [0, 0.1) is 10.1 Å². The normalized spacial score (nSPS) is 10.4. The van der Waals surface area contributed by atoms with Crippen LogP contribution >= 0.6 is 0 Å². The van der Waals surface area contributed by atoms with Gasteiger partial charge in [0.1, 0.15) is 11.0 Å². The molecule has 9 nitrogen and oxygen atoms in total. The van der Waals surface area contributed by atoms with Crippen LogP contribution in [0.3, 0.4) is 0 Å². The summed E-state index contributed by atoms with van der Waals surface area (Å²) in [5.41, 5.74) is 1.49. The van der Waals surface area contributed by atoms with Crippen LogP contribution in [0.2, 0.25) is 0 Å². The molecule has 0 unspecified atom stereocenters. The molecule has 1 heterocycles. The average molecular weight is 313 g/mol. The molecule has 0 saturated heterocycles. The highest BCUT2D eigenvalue weighted by Gasteiger charge is 2.10. The van der Waals surface area contributed by atoms with E-state index in [1.807, 2.05) is 6.07 Å². The number of non-ortho nitro benzene ring substituents is 1. The molecule has 0 aliphatic rings. The number of hydrogen-bond donors (Lipinski definition) is 1. The second kappa shape index (κ2) is 6.10. The number of para-hydroxylation sites is 1. The molecule has 1 amide bonds. The van der Waals surface area contributed by atoms with E-state index < -0.39 is 10.8 Å². The van der Waals surface area contributed by atoms with Gasteiger partial charge in [0.05, 0.1) is 4.92 Å². The number of nitrogens with zero attached hydrogens (tertiary/aromatic N) is 4. The zero-order valence-corrected chi connectivity index (χ0v) is 11.7. The third-order valence-corrected chi connectivity index (χ3v) is 2.98. The molecular formula is C14H11N5O4. The van der Waals surface area contributed by atoms with Crippen LogP contribution in [0.5, 0.6) is 0 Å². The van der Waals surface area contributed by atoms with Crippen molar-refractivity contribution in [2.24, 2.45) is 0 Å². The molecule has 23 heavy (non-hydrogen) atoms. The molecule has 0 aliphatic heterocycles. The van der Waals surface area contributed by atoms with Gasteiger partial charge in [-0.25, -0.2) is 0 Å². The fourth-order valence-electron chi connectivity index (χ4n) is 1.96. The minimum Gasteiger partial charge on any atom is -0.385 e. The number of benzene rings is 2. The molecule has 2 aromatic carbocycles. The van der Waals surface area contributed by atoms with Gasteiger partial charge < -0.3 is 10.2 Å². The number of amides is 1. The maximum absolute atomic E-state index is 11.9. The Bertz CT molecular complexity index is 876. The molecule has 0 radical (unpaired) electrons. The second-order valence-electron chi connectivity index (χ2n) is 4.58. The first-order valence-electron chi connectivity index (χ1n) is 6.61. The number of nitrogens with one attached hydrogen (secondary N) is 1. The van der Waals surface area contributed by atoms with E-state index in [0.29, 0.717) is 16.7 Å². The van der Waals surface area contributed by atoms with Gasteiger partial charge in [0.15, 0.2) is 6.61 Å². The summed E-state index contributed by atoms with van der Waals surface area (Å²) in [4.78, 5) is 28.4. The van der Waals surface area contributed by atoms with E-state index in [1.165, 1.54) is 18.2 Å². The van der Waals surface area contributed by atoms with E-state index >= 15 is 0 Å². The smallest absolute Gasteiger partial charge is 0.271 e. The number of aromatic nitrogens is 3. The van der Waals surface area contributed by atoms with Crippen molar-refractivity contribution in [1.82, 2.24) is 15.2 Å².